The number of aliphatic hydroxyl groups is 1. The van der Waals surface area contributed by atoms with Crippen LogP contribution in [0.1, 0.15) is 21.5 Å². The number of benzene rings is 2. The van der Waals surface area contributed by atoms with Crippen LogP contribution in [0.4, 0.5) is 5.69 Å². The first-order valence-electron chi connectivity index (χ1n) is 10.2. The lowest BCUT2D eigenvalue weighted by Gasteiger charge is -2.25. The second-order valence-corrected chi connectivity index (χ2v) is 8.94. The van der Waals surface area contributed by atoms with E-state index in [0.717, 1.165) is 0 Å². The molecule has 9 heteroatoms. The van der Waals surface area contributed by atoms with Gasteiger partial charge in [-0.1, -0.05) is 17.7 Å². The van der Waals surface area contributed by atoms with E-state index >= 15 is 0 Å². The topological polar surface area (TPSA) is 89.2 Å². The molecule has 0 saturated carbocycles. The Kier molecular flexibility index (Phi) is 5.55. The minimum absolute atomic E-state index is 0.0388. The molecular formula is C25H18ClNO6S. The molecule has 1 atom stereocenters. The smallest absolute Gasteiger partial charge is 0.294 e. The van der Waals surface area contributed by atoms with Crippen LogP contribution in [-0.2, 0) is 4.79 Å². The van der Waals surface area contributed by atoms with E-state index in [0.29, 0.717) is 38.1 Å². The average molecular weight is 496 g/mol. The van der Waals surface area contributed by atoms with Crippen molar-refractivity contribution in [3.63, 3.8) is 0 Å². The maximum Gasteiger partial charge on any atom is 0.294 e. The number of rotatable bonds is 6. The molecule has 34 heavy (non-hydrogen) atoms. The highest BCUT2D eigenvalue weighted by atomic mass is 35.5. The predicted molar refractivity (Wildman–Crippen MR) is 129 cm³/mol. The van der Waals surface area contributed by atoms with Gasteiger partial charge < -0.3 is 19.0 Å². The van der Waals surface area contributed by atoms with E-state index in [9.17, 15) is 14.7 Å². The lowest BCUT2D eigenvalue weighted by molar-refractivity contribution is -0.117. The molecule has 4 aromatic rings. The molecule has 0 aliphatic carbocycles. The SMILES string of the molecule is COc1ccc(N2C(=O)C(O)=C(C(=O)c3cc4cc(Cl)cc(OC)c4o3)C2c2cccs2)cc1. The number of carbonyl (C=O) groups excluding carboxylic acids is 2. The number of ether oxygens (including phenoxy) is 2. The Morgan fingerprint density at radius 1 is 1.12 bits per heavy atom. The number of fused-ring (bicyclic) bond motifs is 1. The van der Waals surface area contributed by atoms with E-state index in [1.165, 1.54) is 29.4 Å². The first-order chi connectivity index (χ1) is 16.4. The number of furan rings is 1. The summed E-state index contributed by atoms with van der Waals surface area (Å²) in [6.07, 6.45) is 0. The van der Waals surface area contributed by atoms with Gasteiger partial charge in [-0.05, 0) is 47.8 Å². The molecule has 0 bridgehead atoms. The number of hydrogen-bond donors (Lipinski definition) is 1. The first kappa shape index (κ1) is 22.1. The number of carbonyl (C=O) groups is 2. The van der Waals surface area contributed by atoms with Crippen LogP contribution in [0, 0.1) is 0 Å². The monoisotopic (exact) mass is 495 g/mol. The third kappa shape index (κ3) is 3.52. The van der Waals surface area contributed by atoms with Crippen molar-refractivity contribution in [3.05, 3.63) is 87.0 Å². The van der Waals surface area contributed by atoms with Gasteiger partial charge >= 0.3 is 0 Å². The van der Waals surface area contributed by atoms with Crippen LogP contribution < -0.4 is 14.4 Å². The molecule has 1 amide bonds. The number of amides is 1. The summed E-state index contributed by atoms with van der Waals surface area (Å²) in [5.74, 6) is -0.950. The number of halogens is 1. The molecule has 3 heterocycles. The summed E-state index contributed by atoms with van der Waals surface area (Å²) in [5.41, 5.74) is 0.795. The van der Waals surface area contributed by atoms with Gasteiger partial charge in [0.1, 0.15) is 11.8 Å². The molecule has 1 unspecified atom stereocenters. The Hall–Kier alpha value is -3.75. The summed E-state index contributed by atoms with van der Waals surface area (Å²) in [6.45, 7) is 0. The number of thiophene rings is 1. The van der Waals surface area contributed by atoms with Gasteiger partial charge in [-0.2, -0.15) is 0 Å². The summed E-state index contributed by atoms with van der Waals surface area (Å²) < 4.78 is 16.3. The number of anilines is 1. The molecular weight excluding hydrogens is 478 g/mol. The Morgan fingerprint density at radius 3 is 2.53 bits per heavy atom. The molecule has 1 N–H and O–H groups in total. The standard InChI is InChI=1S/C25H18ClNO6S/c1-31-16-7-5-15(6-8-16)27-21(19-4-3-9-34-19)20(23(29)25(27)30)22(28)17-11-13-10-14(26)12-18(32-2)24(13)33-17/h3-12,21,29H,1-2H3. The van der Waals surface area contributed by atoms with Crippen molar-refractivity contribution in [3.8, 4) is 11.5 Å². The molecule has 172 valence electrons. The van der Waals surface area contributed by atoms with Crippen LogP contribution in [0.15, 0.2) is 75.7 Å². The van der Waals surface area contributed by atoms with Gasteiger partial charge in [0.2, 0.25) is 5.78 Å². The van der Waals surface area contributed by atoms with E-state index in [2.05, 4.69) is 0 Å². The molecule has 0 radical (unpaired) electrons. The zero-order chi connectivity index (χ0) is 24.0. The van der Waals surface area contributed by atoms with E-state index in [4.69, 9.17) is 25.5 Å². The van der Waals surface area contributed by atoms with Gasteiger partial charge in [0, 0.05) is 27.0 Å². The summed E-state index contributed by atoms with van der Waals surface area (Å²) >= 11 is 7.52. The van der Waals surface area contributed by atoms with E-state index < -0.39 is 23.5 Å². The normalized spacial score (nSPS) is 15.9. The molecule has 5 rings (SSSR count). The first-order valence-corrected chi connectivity index (χ1v) is 11.4. The number of methoxy groups -OCH3 is 2. The lowest BCUT2D eigenvalue weighted by atomic mass is 10.00. The predicted octanol–water partition coefficient (Wildman–Crippen LogP) is 5.95. The van der Waals surface area contributed by atoms with Crippen LogP contribution >= 0.6 is 22.9 Å². The van der Waals surface area contributed by atoms with Crippen molar-refractivity contribution in [2.75, 3.05) is 19.1 Å². The second kappa shape index (κ2) is 8.55. The molecule has 0 fully saturated rings. The minimum atomic E-state index is -0.827. The fraction of sp³-hybridized carbons (Fsp3) is 0.120. The average Bonchev–Trinajstić information content (AvgIpc) is 3.57. The Bertz CT molecular complexity index is 1440. The van der Waals surface area contributed by atoms with Crippen molar-refractivity contribution < 1.29 is 28.6 Å². The van der Waals surface area contributed by atoms with E-state index in [1.54, 1.807) is 43.5 Å². The quantitative estimate of drug-likeness (QED) is 0.332. The lowest BCUT2D eigenvalue weighted by Crippen LogP contribution is -2.30. The van der Waals surface area contributed by atoms with Gasteiger partial charge in [0.15, 0.2) is 22.9 Å². The molecule has 0 spiro atoms. The highest BCUT2D eigenvalue weighted by Gasteiger charge is 2.46. The van der Waals surface area contributed by atoms with Crippen LogP contribution in [0.5, 0.6) is 11.5 Å². The number of Topliss-reactive ketones (excluding diaryl/α,β-unsaturated/α-hetero) is 1. The summed E-state index contributed by atoms with van der Waals surface area (Å²) in [7, 11) is 3.02. The van der Waals surface area contributed by atoms with Crippen molar-refractivity contribution in [1.29, 1.82) is 0 Å². The largest absolute Gasteiger partial charge is 0.503 e. The van der Waals surface area contributed by atoms with Gasteiger partial charge in [-0.3, -0.25) is 14.5 Å². The zero-order valence-electron chi connectivity index (χ0n) is 18.1. The molecule has 1 aliphatic heterocycles. The van der Waals surface area contributed by atoms with Crippen molar-refractivity contribution in [2.45, 2.75) is 6.04 Å². The van der Waals surface area contributed by atoms with Gasteiger partial charge in [-0.15, -0.1) is 11.3 Å². The molecule has 1 aliphatic rings. The maximum absolute atomic E-state index is 13.7. The molecule has 2 aromatic carbocycles. The number of hydrogen-bond acceptors (Lipinski definition) is 7. The third-order valence-corrected chi connectivity index (χ3v) is 6.75. The third-order valence-electron chi connectivity index (χ3n) is 5.61. The fourth-order valence-electron chi connectivity index (χ4n) is 4.04. The Balaban J connectivity index is 1.62. The van der Waals surface area contributed by atoms with E-state index in [-0.39, 0.29) is 11.3 Å². The van der Waals surface area contributed by atoms with Crippen LogP contribution in [-0.4, -0.2) is 31.0 Å². The highest BCUT2D eigenvalue weighted by molar-refractivity contribution is 7.10. The second-order valence-electron chi connectivity index (χ2n) is 7.52. The van der Waals surface area contributed by atoms with Crippen LogP contribution in [0.3, 0.4) is 0 Å². The molecule has 2 aromatic heterocycles. The van der Waals surface area contributed by atoms with Crippen molar-refractivity contribution in [1.82, 2.24) is 0 Å². The zero-order valence-corrected chi connectivity index (χ0v) is 19.6. The highest BCUT2D eigenvalue weighted by Crippen LogP contribution is 2.44. The van der Waals surface area contributed by atoms with Crippen molar-refractivity contribution in [2.24, 2.45) is 0 Å². The fourth-order valence-corrected chi connectivity index (χ4v) is 5.08. The maximum atomic E-state index is 13.7. The Morgan fingerprint density at radius 2 is 1.88 bits per heavy atom. The van der Waals surface area contributed by atoms with Crippen LogP contribution in [0.25, 0.3) is 11.0 Å². The van der Waals surface area contributed by atoms with E-state index in [1.807, 2.05) is 17.5 Å². The van der Waals surface area contributed by atoms with Crippen LogP contribution in [0.2, 0.25) is 5.02 Å². The number of ketones is 1. The van der Waals surface area contributed by atoms with Gasteiger partial charge in [-0.25, -0.2) is 0 Å². The minimum Gasteiger partial charge on any atom is -0.503 e. The number of aliphatic hydroxyl groups excluding tert-OH is 1. The van der Waals surface area contributed by atoms with Crippen molar-refractivity contribution >= 4 is 51.3 Å². The molecule has 7 nitrogen and oxygen atoms in total. The molecule has 0 saturated heterocycles. The summed E-state index contributed by atoms with van der Waals surface area (Å²) in [4.78, 5) is 29.0. The van der Waals surface area contributed by atoms with Gasteiger partial charge in [0.05, 0.1) is 19.8 Å². The summed E-state index contributed by atoms with van der Waals surface area (Å²) in [6, 6.07) is 14.4. The summed E-state index contributed by atoms with van der Waals surface area (Å²) in [5, 5.41) is 13.7. The van der Waals surface area contributed by atoms with Gasteiger partial charge in [0.25, 0.3) is 5.91 Å². The Labute approximate surface area is 203 Å². The number of nitrogens with zero attached hydrogens (tertiary/aromatic N) is 1.